The summed E-state index contributed by atoms with van der Waals surface area (Å²) in [6.45, 7) is 0. The van der Waals surface area contributed by atoms with Crippen molar-refractivity contribution < 1.29 is 9.94 Å². The lowest BCUT2D eigenvalue weighted by Crippen LogP contribution is -2.04. The normalized spacial score (nSPS) is 9.67. The van der Waals surface area contributed by atoms with Crippen LogP contribution in [-0.2, 0) is 0 Å². The van der Waals surface area contributed by atoms with Crippen LogP contribution in [0, 0.1) is 0 Å². The molecular weight excluding hydrogens is 203 g/mol. The predicted molar refractivity (Wildman–Crippen MR) is 45.9 cm³/mol. The number of anilines is 1. The number of aromatic nitrogens is 1. The predicted octanol–water partition coefficient (Wildman–Crippen LogP) is 2.09. The zero-order chi connectivity index (χ0) is 9.14. The van der Waals surface area contributed by atoms with Gasteiger partial charge in [-0.2, -0.15) is 4.58 Å². The van der Waals surface area contributed by atoms with Gasteiger partial charge in [0.15, 0.2) is 0 Å². The zero-order valence-corrected chi connectivity index (χ0v) is 7.67. The Morgan fingerprint density at radius 1 is 1.67 bits per heavy atom. The van der Waals surface area contributed by atoms with Crippen LogP contribution in [0.2, 0.25) is 5.02 Å². The van der Waals surface area contributed by atoms with E-state index >= 15 is 0 Å². The molecule has 0 saturated carbocycles. The first-order chi connectivity index (χ1) is 5.65. The molecule has 0 unspecified atom stereocenters. The van der Waals surface area contributed by atoms with Crippen LogP contribution in [0.25, 0.3) is 0 Å². The highest BCUT2D eigenvalue weighted by atomic mass is 35.5. The van der Waals surface area contributed by atoms with Crippen LogP contribution >= 0.6 is 23.4 Å². The quantitative estimate of drug-likeness (QED) is 0.598. The van der Waals surface area contributed by atoms with E-state index in [1.54, 1.807) is 0 Å². The molecule has 0 fully saturated rings. The number of hydrogen-bond acceptors (Lipinski definition) is 4. The summed E-state index contributed by atoms with van der Waals surface area (Å²) in [6, 6.07) is 1.43. The van der Waals surface area contributed by atoms with Gasteiger partial charge in [0.05, 0.1) is 12.1 Å². The lowest BCUT2D eigenvalue weighted by Gasteiger charge is -2.10. The topological polar surface area (TPSA) is 45.6 Å². The summed E-state index contributed by atoms with van der Waals surface area (Å²) < 4.78 is 5.18. The Kier molecular flexibility index (Phi) is 2.97. The van der Waals surface area contributed by atoms with Crippen LogP contribution in [0.4, 0.5) is 5.69 Å². The van der Waals surface area contributed by atoms with Crippen molar-refractivity contribution in [3.05, 3.63) is 17.3 Å². The monoisotopic (exact) mass is 208 g/mol. The van der Waals surface area contributed by atoms with Crippen LogP contribution in [0.1, 0.15) is 0 Å². The van der Waals surface area contributed by atoms with Gasteiger partial charge in [-0.1, -0.05) is 11.6 Å². The molecule has 0 spiro atoms. The third kappa shape index (κ3) is 1.91. The first kappa shape index (κ1) is 9.38. The molecule has 1 aromatic rings. The molecule has 4 nitrogen and oxygen atoms in total. The van der Waals surface area contributed by atoms with E-state index in [9.17, 15) is 0 Å². The average Bonchev–Trinajstić information content (AvgIpc) is 2.04. The van der Waals surface area contributed by atoms with Crippen LogP contribution < -0.4 is 9.32 Å². The Morgan fingerprint density at radius 3 is 2.83 bits per heavy atom. The molecule has 6 heteroatoms. The molecule has 66 valence electrons. The van der Waals surface area contributed by atoms with E-state index in [-0.39, 0.29) is 11.6 Å². The molecule has 0 saturated heterocycles. The fraction of sp³-hybridized carbons (Fsp3) is 0.167. The van der Waals surface area contributed by atoms with Gasteiger partial charge < -0.3 is 4.74 Å². The van der Waals surface area contributed by atoms with Gasteiger partial charge >= 0.3 is 0 Å². The van der Waals surface area contributed by atoms with Crippen molar-refractivity contribution in [3.63, 3.8) is 0 Å². The van der Waals surface area contributed by atoms with Gasteiger partial charge in [-0.3, -0.25) is 5.21 Å². The third-order valence-electron chi connectivity index (χ3n) is 1.19. The largest absolute Gasteiger partial charge is 0.479 e. The second-order valence-corrected chi connectivity index (χ2v) is 2.70. The van der Waals surface area contributed by atoms with E-state index in [1.165, 1.54) is 19.4 Å². The fourth-order valence-electron chi connectivity index (χ4n) is 0.706. The molecule has 0 aliphatic heterocycles. The molecule has 1 rings (SSSR count). The Hall–Kier alpha value is -0.710. The summed E-state index contributed by atoms with van der Waals surface area (Å²) in [6.07, 6.45) is 1.39. The molecule has 1 aromatic heterocycles. The average molecular weight is 209 g/mol. The van der Waals surface area contributed by atoms with E-state index in [4.69, 9.17) is 33.3 Å². The molecule has 0 atom stereocenters. The van der Waals surface area contributed by atoms with Gasteiger partial charge in [0.2, 0.25) is 5.88 Å². The molecule has 0 aliphatic rings. The minimum atomic E-state index is 0.201. The minimum Gasteiger partial charge on any atom is -0.479 e. The molecule has 0 aliphatic carbocycles. The fourth-order valence-corrected chi connectivity index (χ4v) is 0.979. The molecule has 1 heterocycles. The van der Waals surface area contributed by atoms with Crippen molar-refractivity contribution in [1.82, 2.24) is 4.98 Å². The van der Waals surface area contributed by atoms with Gasteiger partial charge in [-0.05, 0) is 6.07 Å². The molecule has 0 bridgehead atoms. The van der Waals surface area contributed by atoms with Gasteiger partial charge in [-0.15, -0.1) is 0 Å². The van der Waals surface area contributed by atoms with Crippen molar-refractivity contribution in [2.75, 3.05) is 11.7 Å². The summed E-state index contributed by atoms with van der Waals surface area (Å²) in [5, 5.41) is 9.25. The summed E-state index contributed by atoms with van der Waals surface area (Å²) in [5.74, 6) is 0.205. The second-order valence-electron chi connectivity index (χ2n) is 1.94. The van der Waals surface area contributed by atoms with Crippen molar-refractivity contribution in [1.29, 1.82) is 0 Å². The van der Waals surface area contributed by atoms with Gasteiger partial charge in [0.25, 0.3) is 0 Å². The van der Waals surface area contributed by atoms with Crippen LogP contribution in [0.3, 0.4) is 0 Å². The van der Waals surface area contributed by atoms with Crippen LogP contribution in [-0.4, -0.2) is 17.3 Å². The van der Waals surface area contributed by atoms with Crippen molar-refractivity contribution in [2.24, 2.45) is 0 Å². The Balaban J connectivity index is 3.12. The smallest absolute Gasteiger partial charge is 0.241 e. The summed E-state index contributed by atoms with van der Waals surface area (Å²) >= 11 is 10.9. The second kappa shape index (κ2) is 3.80. The Bertz CT molecular complexity index is 280. The Morgan fingerprint density at radius 2 is 2.33 bits per heavy atom. The molecular formula is C6H6Cl2N2O2. The standard InChI is InChI=1S/C6H6Cl2N2O2/c1-12-6-5(10(8)11)2-4(7)3-9-6/h2-3,11H,1H3. The van der Waals surface area contributed by atoms with Crippen molar-refractivity contribution in [2.45, 2.75) is 0 Å². The first-order valence-corrected chi connectivity index (χ1v) is 3.71. The van der Waals surface area contributed by atoms with Gasteiger partial charge in [0, 0.05) is 18.0 Å². The number of rotatable bonds is 2. The first-order valence-electron chi connectivity index (χ1n) is 2.99. The minimum absolute atomic E-state index is 0.201. The molecule has 0 aromatic carbocycles. The molecule has 1 N–H and O–H groups in total. The number of ether oxygens (including phenoxy) is 1. The number of pyridine rings is 1. The highest BCUT2D eigenvalue weighted by Crippen LogP contribution is 2.28. The van der Waals surface area contributed by atoms with E-state index in [2.05, 4.69) is 4.98 Å². The maximum absolute atomic E-state index is 8.88. The number of methoxy groups -OCH3 is 1. The highest BCUT2D eigenvalue weighted by Gasteiger charge is 2.09. The van der Waals surface area contributed by atoms with E-state index in [0.717, 1.165) is 0 Å². The van der Waals surface area contributed by atoms with Gasteiger partial charge in [0.1, 0.15) is 5.69 Å². The van der Waals surface area contributed by atoms with Crippen LogP contribution in [0.15, 0.2) is 12.3 Å². The number of nitrogens with zero attached hydrogens (tertiary/aromatic N) is 2. The summed E-state index contributed by atoms with van der Waals surface area (Å²) in [4.78, 5) is 3.78. The molecule has 0 radical (unpaired) electrons. The van der Waals surface area contributed by atoms with Crippen LogP contribution in [0.5, 0.6) is 5.88 Å². The molecule has 12 heavy (non-hydrogen) atoms. The maximum Gasteiger partial charge on any atom is 0.241 e. The SMILES string of the molecule is COc1ncc(Cl)cc1N(O)Cl. The van der Waals surface area contributed by atoms with E-state index in [1.807, 2.05) is 0 Å². The maximum atomic E-state index is 8.88. The number of hydrogen-bond donors (Lipinski definition) is 1. The summed E-state index contributed by atoms with van der Waals surface area (Å²) in [7, 11) is 1.42. The highest BCUT2D eigenvalue weighted by molar-refractivity contribution is 6.31. The summed E-state index contributed by atoms with van der Waals surface area (Å²) in [5.41, 5.74) is 0.201. The van der Waals surface area contributed by atoms with Gasteiger partial charge in [-0.25, -0.2) is 4.98 Å². The lowest BCUT2D eigenvalue weighted by atomic mass is 10.4. The van der Waals surface area contributed by atoms with E-state index < -0.39 is 0 Å². The lowest BCUT2D eigenvalue weighted by molar-refractivity contribution is 0.316. The number of halogens is 2. The van der Waals surface area contributed by atoms with E-state index in [0.29, 0.717) is 9.60 Å². The third-order valence-corrected chi connectivity index (χ3v) is 1.58. The van der Waals surface area contributed by atoms with Crippen molar-refractivity contribution in [3.8, 4) is 5.88 Å². The zero-order valence-electron chi connectivity index (χ0n) is 6.16. The molecule has 0 amide bonds. The van der Waals surface area contributed by atoms with Crippen molar-refractivity contribution >= 4 is 29.1 Å². The Labute approximate surface area is 79.4 Å².